The summed E-state index contributed by atoms with van der Waals surface area (Å²) in [6, 6.07) is 17.1. The van der Waals surface area contributed by atoms with E-state index in [2.05, 4.69) is 72.3 Å². The first-order valence-corrected chi connectivity index (χ1v) is 8.22. The molecular formula is C20H24N2. The fourth-order valence-corrected chi connectivity index (χ4v) is 2.98. The molecule has 1 saturated heterocycles. The van der Waals surface area contributed by atoms with Crippen LogP contribution in [0.2, 0.25) is 0 Å². The lowest BCUT2D eigenvalue weighted by Gasteiger charge is -2.17. The van der Waals surface area contributed by atoms with Crippen molar-refractivity contribution in [1.82, 2.24) is 0 Å². The zero-order chi connectivity index (χ0) is 15.4. The molecule has 2 aromatic carbocycles. The maximum Gasteiger partial charge on any atom is 0.0664 e. The molecule has 0 saturated carbocycles. The molecule has 2 heteroatoms. The van der Waals surface area contributed by atoms with Crippen LogP contribution in [0.3, 0.4) is 0 Å². The fraction of sp³-hybridized carbons (Fsp3) is 0.350. The Kier molecular flexibility index (Phi) is 4.57. The number of anilines is 1. The van der Waals surface area contributed by atoms with Crippen LogP contribution in [-0.2, 0) is 0 Å². The van der Waals surface area contributed by atoms with Gasteiger partial charge in [-0.1, -0.05) is 44.2 Å². The van der Waals surface area contributed by atoms with Crippen molar-refractivity contribution >= 4 is 17.6 Å². The Hall–Kier alpha value is -2.09. The van der Waals surface area contributed by atoms with Gasteiger partial charge in [0.2, 0.25) is 0 Å². The van der Waals surface area contributed by atoms with Crippen molar-refractivity contribution in [1.29, 1.82) is 0 Å². The van der Waals surface area contributed by atoms with E-state index in [4.69, 9.17) is 0 Å². The number of aliphatic imine (C=N–C) groups is 1. The van der Waals surface area contributed by atoms with Gasteiger partial charge in [-0.05, 0) is 48.1 Å². The zero-order valence-corrected chi connectivity index (χ0v) is 13.5. The van der Waals surface area contributed by atoms with Gasteiger partial charge in [-0.2, -0.15) is 0 Å². The van der Waals surface area contributed by atoms with Crippen LogP contribution in [-0.4, -0.2) is 19.3 Å². The number of hydrogen-bond donors (Lipinski definition) is 0. The van der Waals surface area contributed by atoms with Crippen molar-refractivity contribution in [2.45, 2.75) is 32.6 Å². The lowest BCUT2D eigenvalue weighted by atomic mass is 10.0. The number of nitrogens with zero attached hydrogens (tertiary/aromatic N) is 2. The summed E-state index contributed by atoms with van der Waals surface area (Å²) in [6.07, 6.45) is 4.60. The van der Waals surface area contributed by atoms with E-state index in [1.54, 1.807) is 0 Å². The van der Waals surface area contributed by atoms with Crippen molar-refractivity contribution in [3.05, 3.63) is 59.7 Å². The van der Waals surface area contributed by atoms with E-state index in [0.29, 0.717) is 5.92 Å². The number of benzene rings is 2. The Labute approximate surface area is 133 Å². The third kappa shape index (κ3) is 3.38. The molecule has 0 spiro atoms. The van der Waals surface area contributed by atoms with Crippen molar-refractivity contribution in [3.63, 3.8) is 0 Å². The van der Waals surface area contributed by atoms with E-state index in [9.17, 15) is 0 Å². The third-order valence-electron chi connectivity index (χ3n) is 4.28. The van der Waals surface area contributed by atoms with Crippen LogP contribution < -0.4 is 4.90 Å². The zero-order valence-electron chi connectivity index (χ0n) is 13.5. The van der Waals surface area contributed by atoms with E-state index < -0.39 is 0 Å². The molecule has 22 heavy (non-hydrogen) atoms. The molecule has 0 bridgehead atoms. The first-order valence-electron chi connectivity index (χ1n) is 8.22. The Morgan fingerprint density at radius 1 is 0.955 bits per heavy atom. The molecule has 1 aliphatic heterocycles. The maximum atomic E-state index is 4.69. The minimum Gasteiger partial charge on any atom is -0.372 e. The summed E-state index contributed by atoms with van der Waals surface area (Å²) in [6.45, 7) is 6.79. The highest BCUT2D eigenvalue weighted by atomic mass is 15.1. The van der Waals surface area contributed by atoms with Crippen molar-refractivity contribution in [3.8, 4) is 0 Å². The first-order chi connectivity index (χ1) is 10.7. The highest BCUT2D eigenvalue weighted by Gasteiger charge is 2.11. The average molecular weight is 292 g/mol. The van der Waals surface area contributed by atoms with Gasteiger partial charge in [-0.25, -0.2) is 0 Å². The van der Waals surface area contributed by atoms with E-state index in [-0.39, 0.29) is 0 Å². The van der Waals surface area contributed by atoms with Gasteiger partial charge in [-0.15, -0.1) is 0 Å². The van der Waals surface area contributed by atoms with Crippen LogP contribution in [0, 0.1) is 0 Å². The first kappa shape index (κ1) is 14.8. The molecule has 0 unspecified atom stereocenters. The molecule has 114 valence electrons. The average Bonchev–Trinajstić information content (AvgIpc) is 3.08. The van der Waals surface area contributed by atoms with Gasteiger partial charge in [0, 0.05) is 25.0 Å². The second-order valence-electron chi connectivity index (χ2n) is 6.26. The molecule has 0 amide bonds. The summed E-state index contributed by atoms with van der Waals surface area (Å²) in [7, 11) is 0. The lowest BCUT2D eigenvalue weighted by molar-refractivity contribution is 0.867. The SMILES string of the molecule is CC(C)c1ccccc1N=Cc1ccc(N2CCCC2)cc1. The van der Waals surface area contributed by atoms with Crippen LogP contribution >= 0.6 is 0 Å². The minimum atomic E-state index is 0.492. The lowest BCUT2D eigenvalue weighted by Crippen LogP contribution is -2.17. The van der Waals surface area contributed by atoms with E-state index in [1.165, 1.54) is 37.2 Å². The van der Waals surface area contributed by atoms with E-state index in [1.807, 2.05) is 6.21 Å². The molecule has 0 aliphatic carbocycles. The number of rotatable bonds is 4. The summed E-state index contributed by atoms with van der Waals surface area (Å²) in [4.78, 5) is 7.14. The maximum absolute atomic E-state index is 4.69. The molecule has 3 rings (SSSR count). The monoisotopic (exact) mass is 292 g/mol. The standard InChI is InChI=1S/C20H24N2/c1-16(2)19-7-3-4-8-20(19)21-15-17-9-11-18(12-10-17)22-13-5-6-14-22/h3-4,7-12,15-16H,5-6,13-14H2,1-2H3. The van der Waals surface area contributed by atoms with Gasteiger partial charge in [0.1, 0.15) is 0 Å². The highest BCUT2D eigenvalue weighted by Crippen LogP contribution is 2.26. The molecule has 1 heterocycles. The Morgan fingerprint density at radius 2 is 1.64 bits per heavy atom. The van der Waals surface area contributed by atoms with Gasteiger partial charge < -0.3 is 4.90 Å². The van der Waals surface area contributed by atoms with Gasteiger partial charge in [0.25, 0.3) is 0 Å². The number of para-hydroxylation sites is 1. The molecule has 0 aromatic heterocycles. The Bertz CT molecular complexity index is 635. The predicted molar refractivity (Wildman–Crippen MR) is 95.7 cm³/mol. The van der Waals surface area contributed by atoms with Crippen LogP contribution in [0.25, 0.3) is 0 Å². The molecule has 0 N–H and O–H groups in total. The Morgan fingerprint density at radius 3 is 2.32 bits per heavy atom. The van der Waals surface area contributed by atoms with Gasteiger partial charge in [0.05, 0.1) is 5.69 Å². The van der Waals surface area contributed by atoms with Crippen LogP contribution in [0.5, 0.6) is 0 Å². The fourth-order valence-electron chi connectivity index (χ4n) is 2.98. The largest absolute Gasteiger partial charge is 0.372 e. The van der Waals surface area contributed by atoms with Crippen molar-refractivity contribution < 1.29 is 0 Å². The summed E-state index contributed by atoms with van der Waals surface area (Å²) in [5.74, 6) is 0.492. The second kappa shape index (κ2) is 6.78. The Balaban J connectivity index is 1.75. The topological polar surface area (TPSA) is 15.6 Å². The summed E-state index contributed by atoms with van der Waals surface area (Å²) in [5.41, 5.74) is 4.85. The van der Waals surface area contributed by atoms with Crippen LogP contribution in [0.1, 0.15) is 43.7 Å². The predicted octanol–water partition coefficient (Wildman–Crippen LogP) is 5.16. The molecule has 2 nitrogen and oxygen atoms in total. The number of hydrogen-bond acceptors (Lipinski definition) is 2. The normalized spacial score (nSPS) is 15.1. The molecular weight excluding hydrogens is 268 g/mol. The van der Waals surface area contributed by atoms with Crippen molar-refractivity contribution in [2.24, 2.45) is 4.99 Å². The van der Waals surface area contributed by atoms with Gasteiger partial charge in [-0.3, -0.25) is 4.99 Å². The summed E-state index contributed by atoms with van der Waals surface area (Å²) >= 11 is 0. The second-order valence-corrected chi connectivity index (χ2v) is 6.26. The van der Waals surface area contributed by atoms with Crippen LogP contribution in [0.4, 0.5) is 11.4 Å². The van der Waals surface area contributed by atoms with E-state index in [0.717, 1.165) is 11.3 Å². The molecule has 1 aliphatic rings. The third-order valence-corrected chi connectivity index (χ3v) is 4.28. The minimum absolute atomic E-state index is 0.492. The van der Waals surface area contributed by atoms with E-state index >= 15 is 0 Å². The quantitative estimate of drug-likeness (QED) is 0.711. The molecule has 2 aromatic rings. The molecule has 0 radical (unpaired) electrons. The smallest absolute Gasteiger partial charge is 0.0664 e. The van der Waals surface area contributed by atoms with Crippen molar-refractivity contribution in [2.75, 3.05) is 18.0 Å². The van der Waals surface area contributed by atoms with Crippen LogP contribution in [0.15, 0.2) is 53.5 Å². The van der Waals surface area contributed by atoms with Gasteiger partial charge in [0.15, 0.2) is 0 Å². The summed E-state index contributed by atoms with van der Waals surface area (Å²) in [5, 5.41) is 0. The molecule has 1 fully saturated rings. The summed E-state index contributed by atoms with van der Waals surface area (Å²) < 4.78 is 0. The molecule has 0 atom stereocenters. The van der Waals surface area contributed by atoms with Gasteiger partial charge >= 0.3 is 0 Å². The highest BCUT2D eigenvalue weighted by molar-refractivity contribution is 5.83.